The first-order valence-electron chi connectivity index (χ1n) is 8.80. The van der Waals surface area contributed by atoms with Crippen molar-refractivity contribution in [1.82, 2.24) is 20.1 Å². The molecule has 1 amide bonds. The van der Waals surface area contributed by atoms with Crippen LogP contribution in [0.3, 0.4) is 0 Å². The minimum Gasteiger partial charge on any atom is -0.375 e. The van der Waals surface area contributed by atoms with Crippen LogP contribution in [0.2, 0.25) is 0 Å². The Bertz CT molecular complexity index is 725. The summed E-state index contributed by atoms with van der Waals surface area (Å²) in [5.41, 5.74) is 1.65. The largest absolute Gasteiger partial charge is 0.375 e. The number of rotatable bonds is 5. The highest BCUT2D eigenvalue weighted by Gasteiger charge is 2.50. The molecule has 1 saturated carbocycles. The summed E-state index contributed by atoms with van der Waals surface area (Å²) in [4.78, 5) is 19.0. The highest BCUT2D eigenvalue weighted by Crippen LogP contribution is 2.49. The summed E-state index contributed by atoms with van der Waals surface area (Å²) in [6.45, 7) is 2.79. The van der Waals surface area contributed by atoms with Crippen molar-refractivity contribution in [2.45, 2.75) is 25.9 Å². The summed E-state index contributed by atoms with van der Waals surface area (Å²) >= 11 is 0. The van der Waals surface area contributed by atoms with Gasteiger partial charge in [0, 0.05) is 24.7 Å². The van der Waals surface area contributed by atoms with Crippen LogP contribution in [0.5, 0.6) is 0 Å². The molecule has 6 heteroatoms. The third-order valence-electron chi connectivity index (χ3n) is 5.52. The topological polar surface area (TPSA) is 68.2 Å². The summed E-state index contributed by atoms with van der Waals surface area (Å²) in [6, 6.07) is 7.59. The first kappa shape index (κ1) is 16.1. The minimum absolute atomic E-state index is 0.0494. The summed E-state index contributed by atoms with van der Waals surface area (Å²) < 4.78 is 6.02. The van der Waals surface area contributed by atoms with Crippen molar-refractivity contribution in [2.75, 3.05) is 19.7 Å². The fourth-order valence-corrected chi connectivity index (χ4v) is 4.25. The number of aromatic nitrogens is 3. The molecule has 0 unspecified atom stereocenters. The second-order valence-corrected chi connectivity index (χ2v) is 7.08. The first-order valence-corrected chi connectivity index (χ1v) is 8.80. The second-order valence-electron chi connectivity index (χ2n) is 7.08. The van der Waals surface area contributed by atoms with Crippen molar-refractivity contribution in [2.24, 2.45) is 11.3 Å². The summed E-state index contributed by atoms with van der Waals surface area (Å²) in [5, 5.41) is 7.57. The van der Waals surface area contributed by atoms with Gasteiger partial charge in [-0.3, -0.25) is 9.78 Å². The number of ether oxygens (including phenoxy) is 1. The molecule has 0 aromatic carbocycles. The third kappa shape index (κ3) is 3.26. The van der Waals surface area contributed by atoms with Gasteiger partial charge in [-0.1, -0.05) is 12.5 Å². The van der Waals surface area contributed by atoms with Crippen LogP contribution in [0.15, 0.2) is 42.9 Å². The molecule has 2 aromatic rings. The predicted molar refractivity (Wildman–Crippen MR) is 91.6 cm³/mol. The number of nitrogens with zero attached hydrogens (tertiary/aromatic N) is 4. The molecule has 25 heavy (non-hydrogen) atoms. The lowest BCUT2D eigenvalue weighted by atomic mass is 9.81. The molecule has 3 heterocycles. The van der Waals surface area contributed by atoms with Crippen molar-refractivity contribution < 1.29 is 9.53 Å². The maximum atomic E-state index is 12.7. The van der Waals surface area contributed by atoms with Crippen LogP contribution in [-0.2, 0) is 11.3 Å². The molecule has 2 atom stereocenters. The Hall–Kier alpha value is -2.34. The predicted octanol–water partition coefficient (Wildman–Crippen LogP) is 2.33. The van der Waals surface area contributed by atoms with E-state index in [2.05, 4.69) is 15.2 Å². The molecule has 1 saturated heterocycles. The number of pyridine rings is 1. The molecule has 0 bridgehead atoms. The number of carbonyl (C=O) groups excluding carboxylic acids is 1. The van der Waals surface area contributed by atoms with E-state index in [1.54, 1.807) is 24.7 Å². The Morgan fingerprint density at radius 2 is 2.24 bits per heavy atom. The third-order valence-corrected chi connectivity index (χ3v) is 5.52. The van der Waals surface area contributed by atoms with E-state index in [1.165, 1.54) is 12.8 Å². The van der Waals surface area contributed by atoms with E-state index in [-0.39, 0.29) is 11.3 Å². The molecule has 6 nitrogen and oxygen atoms in total. The van der Waals surface area contributed by atoms with E-state index < -0.39 is 0 Å². The lowest BCUT2D eigenvalue weighted by Crippen LogP contribution is -2.34. The zero-order valence-electron chi connectivity index (χ0n) is 14.2. The van der Waals surface area contributed by atoms with Crippen LogP contribution in [0.4, 0.5) is 0 Å². The number of carbonyl (C=O) groups is 1. The molecular weight excluding hydrogens is 316 g/mol. The maximum absolute atomic E-state index is 12.7. The molecule has 0 radical (unpaired) electrons. The first-order chi connectivity index (χ1) is 12.3. The van der Waals surface area contributed by atoms with Crippen LogP contribution in [0.1, 0.15) is 35.3 Å². The molecule has 0 N–H and O–H groups in total. The Morgan fingerprint density at radius 3 is 3.04 bits per heavy atom. The van der Waals surface area contributed by atoms with Crippen molar-refractivity contribution in [3.8, 4) is 0 Å². The van der Waals surface area contributed by atoms with Gasteiger partial charge in [-0.2, -0.15) is 10.2 Å². The van der Waals surface area contributed by atoms with Gasteiger partial charge in [-0.15, -0.1) is 0 Å². The van der Waals surface area contributed by atoms with Gasteiger partial charge in [0.2, 0.25) is 0 Å². The highest BCUT2D eigenvalue weighted by molar-refractivity contribution is 5.94. The van der Waals surface area contributed by atoms with Crippen molar-refractivity contribution in [3.05, 3.63) is 54.1 Å². The summed E-state index contributed by atoms with van der Waals surface area (Å²) in [7, 11) is 0. The van der Waals surface area contributed by atoms with E-state index in [1.807, 2.05) is 23.1 Å². The molecule has 2 fully saturated rings. The van der Waals surface area contributed by atoms with E-state index >= 15 is 0 Å². The van der Waals surface area contributed by atoms with Gasteiger partial charge in [0.1, 0.15) is 0 Å². The lowest BCUT2D eigenvalue weighted by Gasteiger charge is -2.28. The maximum Gasteiger partial charge on any atom is 0.255 e. The van der Waals surface area contributed by atoms with Crippen molar-refractivity contribution in [1.29, 1.82) is 0 Å². The standard InChI is InChI=1S/C19H22N4O2/c24-18(15-6-9-21-22-10-15)23-11-16-4-3-7-19(16,13-23)14-25-12-17-5-1-2-8-20-17/h1-2,5-6,8-10,16H,3-4,7,11-14H2/t16-,19+/m1/s1. The zero-order valence-corrected chi connectivity index (χ0v) is 14.2. The van der Waals surface area contributed by atoms with E-state index in [0.29, 0.717) is 24.7 Å². The molecule has 2 aromatic heterocycles. The van der Waals surface area contributed by atoms with Crippen LogP contribution < -0.4 is 0 Å². The molecule has 4 rings (SSSR count). The van der Waals surface area contributed by atoms with Crippen LogP contribution in [-0.4, -0.2) is 45.7 Å². The molecule has 2 aliphatic rings. The smallest absolute Gasteiger partial charge is 0.255 e. The van der Waals surface area contributed by atoms with Gasteiger partial charge >= 0.3 is 0 Å². The van der Waals surface area contributed by atoms with E-state index in [0.717, 1.165) is 25.2 Å². The van der Waals surface area contributed by atoms with Gasteiger partial charge < -0.3 is 9.64 Å². The molecule has 1 aliphatic carbocycles. The Balaban J connectivity index is 1.41. The number of hydrogen-bond acceptors (Lipinski definition) is 5. The molecular formula is C19H22N4O2. The Labute approximate surface area is 147 Å². The SMILES string of the molecule is O=C(c1ccnnc1)N1C[C@H]2CCC[C@@]2(COCc2ccccn2)C1. The van der Waals surface area contributed by atoms with Gasteiger partial charge in [0.05, 0.1) is 36.9 Å². The zero-order chi connectivity index (χ0) is 17.1. The van der Waals surface area contributed by atoms with E-state index in [4.69, 9.17) is 4.74 Å². The quantitative estimate of drug-likeness (QED) is 0.837. The Kier molecular flexibility index (Phi) is 4.44. The van der Waals surface area contributed by atoms with Crippen LogP contribution in [0.25, 0.3) is 0 Å². The molecule has 1 aliphatic heterocycles. The molecule has 130 valence electrons. The van der Waals surface area contributed by atoms with Crippen LogP contribution >= 0.6 is 0 Å². The Morgan fingerprint density at radius 1 is 1.28 bits per heavy atom. The monoisotopic (exact) mass is 338 g/mol. The molecule has 0 spiro atoms. The highest BCUT2D eigenvalue weighted by atomic mass is 16.5. The fraction of sp³-hybridized carbons (Fsp3) is 0.474. The van der Waals surface area contributed by atoms with Crippen molar-refractivity contribution in [3.63, 3.8) is 0 Å². The number of amides is 1. The van der Waals surface area contributed by atoms with Crippen LogP contribution in [0, 0.1) is 11.3 Å². The average Bonchev–Trinajstić information content (AvgIpc) is 3.20. The van der Waals surface area contributed by atoms with Gasteiger partial charge in [0.25, 0.3) is 5.91 Å². The fourth-order valence-electron chi connectivity index (χ4n) is 4.25. The van der Waals surface area contributed by atoms with Crippen molar-refractivity contribution >= 4 is 5.91 Å². The minimum atomic E-state index is 0.0494. The summed E-state index contributed by atoms with van der Waals surface area (Å²) in [6.07, 6.45) is 8.41. The normalized spacial score (nSPS) is 25.1. The van der Waals surface area contributed by atoms with Gasteiger partial charge in [0.15, 0.2) is 0 Å². The van der Waals surface area contributed by atoms with Gasteiger partial charge in [-0.05, 0) is 37.0 Å². The summed E-state index contributed by atoms with van der Waals surface area (Å²) in [5.74, 6) is 0.573. The number of likely N-dealkylation sites (tertiary alicyclic amines) is 1. The lowest BCUT2D eigenvalue weighted by molar-refractivity contribution is 0.0252. The van der Waals surface area contributed by atoms with Gasteiger partial charge in [-0.25, -0.2) is 0 Å². The second kappa shape index (κ2) is 6.88. The number of hydrogen-bond donors (Lipinski definition) is 0. The average molecular weight is 338 g/mol. The van der Waals surface area contributed by atoms with E-state index in [9.17, 15) is 4.79 Å². The number of fused-ring (bicyclic) bond motifs is 1.